The molecule has 0 bridgehead atoms. The van der Waals surface area contributed by atoms with Crippen LogP contribution in [0.25, 0.3) is 10.4 Å². The molecule has 7 heteroatoms. The molecule has 0 unspecified atom stereocenters. The van der Waals surface area contributed by atoms with E-state index in [9.17, 15) is 18.3 Å². The molecule has 0 aliphatic heterocycles. The van der Waals surface area contributed by atoms with E-state index in [1.807, 2.05) is 30.3 Å². The van der Waals surface area contributed by atoms with Crippen LogP contribution in [0.5, 0.6) is 0 Å². The number of carboxylic acids is 1. The van der Waals surface area contributed by atoms with Crippen molar-refractivity contribution < 1.29 is 18.3 Å². The molecule has 5 nitrogen and oxygen atoms in total. The Morgan fingerprint density at radius 1 is 1.04 bits per heavy atom. The lowest BCUT2D eigenvalue weighted by molar-refractivity contribution is 0.0703. The van der Waals surface area contributed by atoms with Crippen molar-refractivity contribution in [3.63, 3.8) is 0 Å². The van der Waals surface area contributed by atoms with Crippen molar-refractivity contribution in [3.05, 3.63) is 71.1 Å². The fraction of sp³-hybridized carbons (Fsp3) is 0.0556. The van der Waals surface area contributed by atoms with Gasteiger partial charge in [0.1, 0.15) is 4.88 Å². The number of aryl methyl sites for hydroxylation is 1. The normalized spacial score (nSPS) is 11.2. The molecule has 1 heterocycles. The predicted octanol–water partition coefficient (Wildman–Crippen LogP) is 4.22. The fourth-order valence-electron chi connectivity index (χ4n) is 2.43. The van der Waals surface area contributed by atoms with Gasteiger partial charge >= 0.3 is 5.97 Å². The minimum Gasteiger partial charge on any atom is -0.477 e. The zero-order valence-corrected chi connectivity index (χ0v) is 14.9. The van der Waals surface area contributed by atoms with Gasteiger partial charge < -0.3 is 5.11 Å². The highest BCUT2D eigenvalue weighted by Gasteiger charge is 2.23. The largest absolute Gasteiger partial charge is 0.477 e. The van der Waals surface area contributed by atoms with Crippen LogP contribution in [-0.2, 0) is 10.0 Å². The van der Waals surface area contributed by atoms with Crippen molar-refractivity contribution in [3.8, 4) is 10.4 Å². The molecule has 3 aromatic rings. The number of thiophene rings is 1. The van der Waals surface area contributed by atoms with Crippen LogP contribution in [0.3, 0.4) is 0 Å². The van der Waals surface area contributed by atoms with Gasteiger partial charge in [0, 0.05) is 4.88 Å². The number of carbonyl (C=O) groups is 1. The van der Waals surface area contributed by atoms with Crippen molar-refractivity contribution in [1.82, 2.24) is 0 Å². The van der Waals surface area contributed by atoms with E-state index in [4.69, 9.17) is 0 Å². The summed E-state index contributed by atoms with van der Waals surface area (Å²) in [5.74, 6) is -1.17. The Morgan fingerprint density at radius 2 is 1.68 bits per heavy atom. The van der Waals surface area contributed by atoms with Gasteiger partial charge in [-0.15, -0.1) is 11.3 Å². The number of benzene rings is 2. The van der Waals surface area contributed by atoms with Crippen molar-refractivity contribution >= 4 is 33.0 Å². The highest BCUT2D eigenvalue weighted by atomic mass is 32.2. The van der Waals surface area contributed by atoms with Gasteiger partial charge in [-0.3, -0.25) is 4.72 Å². The molecule has 0 aliphatic rings. The summed E-state index contributed by atoms with van der Waals surface area (Å²) in [4.78, 5) is 12.3. The van der Waals surface area contributed by atoms with Crippen LogP contribution in [0.15, 0.2) is 65.6 Å². The second kappa shape index (κ2) is 6.70. The number of rotatable bonds is 5. The number of hydrogen-bond acceptors (Lipinski definition) is 4. The third-order valence-electron chi connectivity index (χ3n) is 3.61. The maximum absolute atomic E-state index is 12.6. The molecule has 1 aromatic heterocycles. The van der Waals surface area contributed by atoms with Gasteiger partial charge in [0.25, 0.3) is 10.0 Å². The molecule has 0 spiro atoms. The summed E-state index contributed by atoms with van der Waals surface area (Å²) in [7, 11) is -3.88. The van der Waals surface area contributed by atoms with E-state index in [0.717, 1.165) is 16.9 Å². The summed E-state index contributed by atoms with van der Waals surface area (Å²) < 4.78 is 27.7. The molecule has 3 rings (SSSR count). The minimum atomic E-state index is -3.88. The van der Waals surface area contributed by atoms with Gasteiger partial charge in [0.15, 0.2) is 0 Å². The lowest BCUT2D eigenvalue weighted by atomic mass is 10.2. The Labute approximate surface area is 149 Å². The van der Waals surface area contributed by atoms with E-state index in [-0.39, 0.29) is 15.5 Å². The van der Waals surface area contributed by atoms with E-state index in [1.54, 1.807) is 31.2 Å². The van der Waals surface area contributed by atoms with Gasteiger partial charge in [-0.25, -0.2) is 13.2 Å². The first-order chi connectivity index (χ1) is 11.9. The smallest absolute Gasteiger partial charge is 0.348 e. The van der Waals surface area contributed by atoms with Gasteiger partial charge in [-0.1, -0.05) is 48.5 Å². The Bertz CT molecular complexity index is 1020. The summed E-state index contributed by atoms with van der Waals surface area (Å²) in [6, 6.07) is 17.3. The highest BCUT2D eigenvalue weighted by Crippen LogP contribution is 2.36. The second-order valence-electron chi connectivity index (χ2n) is 5.40. The summed E-state index contributed by atoms with van der Waals surface area (Å²) >= 11 is 1.03. The number of aromatic carboxylic acids is 1. The lowest BCUT2D eigenvalue weighted by Crippen LogP contribution is -2.15. The summed E-state index contributed by atoms with van der Waals surface area (Å²) in [5, 5.41) is 9.42. The topological polar surface area (TPSA) is 83.5 Å². The average molecular weight is 373 g/mol. The van der Waals surface area contributed by atoms with Gasteiger partial charge in [0.2, 0.25) is 0 Å². The van der Waals surface area contributed by atoms with Crippen molar-refractivity contribution in [2.75, 3.05) is 4.72 Å². The zero-order chi connectivity index (χ0) is 18.0. The van der Waals surface area contributed by atoms with Crippen molar-refractivity contribution in [2.24, 2.45) is 0 Å². The molecule has 25 heavy (non-hydrogen) atoms. The standard InChI is InChI=1S/C18H15NO4S2/c1-12-7-5-6-10-16(12)25(22,23)19-14-11-15(24-17(14)18(20)21)13-8-3-2-4-9-13/h2-11,19H,1H3,(H,20,21). The maximum atomic E-state index is 12.6. The van der Waals surface area contributed by atoms with Crippen LogP contribution in [0.4, 0.5) is 5.69 Å². The Kier molecular flexibility index (Phi) is 4.61. The first-order valence-corrected chi connectivity index (χ1v) is 9.69. The first-order valence-electron chi connectivity index (χ1n) is 7.39. The van der Waals surface area contributed by atoms with E-state index in [1.165, 1.54) is 6.07 Å². The highest BCUT2D eigenvalue weighted by molar-refractivity contribution is 7.92. The SMILES string of the molecule is Cc1ccccc1S(=O)(=O)Nc1cc(-c2ccccc2)sc1C(=O)O. The molecule has 0 fully saturated rings. The molecule has 0 atom stereocenters. The minimum absolute atomic E-state index is 0.0454. The molecular formula is C18H15NO4S2. The van der Waals surface area contributed by atoms with Gasteiger partial charge in [0.05, 0.1) is 10.6 Å². The van der Waals surface area contributed by atoms with Gasteiger partial charge in [-0.2, -0.15) is 0 Å². The summed E-state index contributed by atoms with van der Waals surface area (Å²) in [6.45, 7) is 1.69. The number of hydrogen-bond donors (Lipinski definition) is 2. The predicted molar refractivity (Wildman–Crippen MR) is 98.7 cm³/mol. The number of carboxylic acid groups (broad SMARTS) is 1. The molecule has 0 saturated heterocycles. The lowest BCUT2D eigenvalue weighted by Gasteiger charge is -2.09. The van der Waals surface area contributed by atoms with Gasteiger partial charge in [-0.05, 0) is 30.2 Å². The van der Waals surface area contributed by atoms with Crippen molar-refractivity contribution in [2.45, 2.75) is 11.8 Å². The zero-order valence-electron chi connectivity index (χ0n) is 13.3. The monoisotopic (exact) mass is 373 g/mol. The average Bonchev–Trinajstić information content (AvgIpc) is 2.99. The third-order valence-corrected chi connectivity index (χ3v) is 6.31. The number of nitrogens with one attached hydrogen (secondary N) is 1. The van der Waals surface area contributed by atoms with E-state index in [0.29, 0.717) is 10.4 Å². The quantitative estimate of drug-likeness (QED) is 0.701. The van der Waals surface area contributed by atoms with E-state index >= 15 is 0 Å². The molecule has 128 valence electrons. The molecule has 0 saturated carbocycles. The van der Waals surface area contributed by atoms with Crippen LogP contribution in [-0.4, -0.2) is 19.5 Å². The Morgan fingerprint density at radius 3 is 2.32 bits per heavy atom. The first kappa shape index (κ1) is 17.2. The number of sulfonamides is 1. The Balaban J connectivity index is 2.04. The van der Waals surface area contributed by atoms with Crippen molar-refractivity contribution in [1.29, 1.82) is 0 Å². The van der Waals surface area contributed by atoms with Crippen LogP contribution < -0.4 is 4.72 Å². The number of anilines is 1. The van der Waals surface area contributed by atoms with E-state index in [2.05, 4.69) is 4.72 Å². The molecule has 2 aromatic carbocycles. The van der Waals surface area contributed by atoms with Crippen LogP contribution in [0, 0.1) is 6.92 Å². The molecule has 0 amide bonds. The molecule has 0 aliphatic carbocycles. The molecule has 0 radical (unpaired) electrons. The molecule has 2 N–H and O–H groups in total. The van der Waals surface area contributed by atoms with Crippen LogP contribution in [0.2, 0.25) is 0 Å². The molecular weight excluding hydrogens is 358 g/mol. The third kappa shape index (κ3) is 3.57. The second-order valence-corrected chi connectivity index (χ2v) is 8.10. The fourth-order valence-corrected chi connectivity index (χ4v) is 4.76. The van der Waals surface area contributed by atoms with Crippen LogP contribution >= 0.6 is 11.3 Å². The van der Waals surface area contributed by atoms with Crippen LogP contribution in [0.1, 0.15) is 15.2 Å². The Hall–Kier alpha value is -2.64. The summed E-state index contributed by atoms with van der Waals surface area (Å²) in [5.41, 5.74) is 1.49. The maximum Gasteiger partial charge on any atom is 0.348 e. The van der Waals surface area contributed by atoms with E-state index < -0.39 is 16.0 Å². The summed E-state index contributed by atoms with van der Waals surface area (Å²) in [6.07, 6.45) is 0.